The number of nitro benzene ring substituents is 1. The van der Waals surface area contributed by atoms with Crippen molar-refractivity contribution in [1.29, 1.82) is 0 Å². The Balaban J connectivity index is 1.82. The van der Waals surface area contributed by atoms with Gasteiger partial charge in [-0.05, 0) is 41.5 Å². The predicted molar refractivity (Wildman–Crippen MR) is 99.5 cm³/mol. The lowest BCUT2D eigenvalue weighted by Crippen LogP contribution is -2.26. The van der Waals surface area contributed by atoms with Gasteiger partial charge in [-0.1, -0.05) is 36.4 Å². The second kappa shape index (κ2) is 7.23. The van der Waals surface area contributed by atoms with Crippen molar-refractivity contribution in [3.8, 4) is 5.75 Å². The Morgan fingerprint density at radius 1 is 1.08 bits per heavy atom. The lowest BCUT2D eigenvalue weighted by atomic mass is 10.0. The molecule has 0 aromatic heterocycles. The van der Waals surface area contributed by atoms with Crippen LogP contribution in [0.5, 0.6) is 5.75 Å². The number of hydrogen-bond donors (Lipinski definition) is 1. The number of amides is 1. The summed E-state index contributed by atoms with van der Waals surface area (Å²) in [6.45, 7) is 1.87. The fourth-order valence-electron chi connectivity index (χ4n) is 2.81. The first-order valence-corrected chi connectivity index (χ1v) is 8.11. The minimum atomic E-state index is -0.567. The molecule has 1 amide bonds. The molecule has 6 heteroatoms. The van der Waals surface area contributed by atoms with E-state index in [0.717, 1.165) is 16.3 Å². The van der Waals surface area contributed by atoms with Crippen molar-refractivity contribution in [1.82, 2.24) is 5.32 Å². The number of carbonyl (C=O) groups excluding carboxylic acids is 1. The van der Waals surface area contributed by atoms with Gasteiger partial charge in [0.25, 0.3) is 5.91 Å². The molecule has 3 rings (SSSR count). The fourth-order valence-corrected chi connectivity index (χ4v) is 2.81. The highest BCUT2D eigenvalue weighted by atomic mass is 16.6. The normalized spacial score (nSPS) is 11.8. The van der Waals surface area contributed by atoms with Gasteiger partial charge in [0, 0.05) is 11.6 Å². The molecule has 1 N–H and O–H groups in total. The van der Waals surface area contributed by atoms with Crippen LogP contribution in [-0.4, -0.2) is 17.9 Å². The largest absolute Gasteiger partial charge is 0.490 e. The Labute approximate surface area is 150 Å². The molecule has 26 heavy (non-hydrogen) atoms. The van der Waals surface area contributed by atoms with Crippen molar-refractivity contribution in [2.24, 2.45) is 0 Å². The molecule has 132 valence electrons. The maximum Gasteiger partial charge on any atom is 0.311 e. The number of benzene rings is 3. The van der Waals surface area contributed by atoms with Gasteiger partial charge < -0.3 is 10.1 Å². The Bertz CT molecular complexity index is 984. The number of ether oxygens (including phenoxy) is 1. The smallest absolute Gasteiger partial charge is 0.311 e. The van der Waals surface area contributed by atoms with Crippen molar-refractivity contribution in [2.45, 2.75) is 13.0 Å². The van der Waals surface area contributed by atoms with Gasteiger partial charge in [0.05, 0.1) is 18.1 Å². The first kappa shape index (κ1) is 17.4. The molecule has 0 heterocycles. The van der Waals surface area contributed by atoms with E-state index in [0.29, 0.717) is 0 Å². The molecule has 0 aliphatic rings. The highest BCUT2D eigenvalue weighted by molar-refractivity contribution is 5.95. The van der Waals surface area contributed by atoms with Gasteiger partial charge in [-0.25, -0.2) is 0 Å². The monoisotopic (exact) mass is 350 g/mol. The van der Waals surface area contributed by atoms with E-state index in [1.165, 1.54) is 25.3 Å². The van der Waals surface area contributed by atoms with E-state index in [4.69, 9.17) is 4.74 Å². The molecule has 0 unspecified atom stereocenters. The molecule has 1 atom stereocenters. The Morgan fingerprint density at radius 3 is 2.50 bits per heavy atom. The molecule has 0 bridgehead atoms. The van der Waals surface area contributed by atoms with Crippen LogP contribution in [0, 0.1) is 10.1 Å². The summed E-state index contributed by atoms with van der Waals surface area (Å²) in [6, 6.07) is 17.9. The minimum absolute atomic E-state index is 0.120. The quantitative estimate of drug-likeness (QED) is 0.551. The summed E-state index contributed by atoms with van der Waals surface area (Å²) < 4.78 is 4.96. The zero-order valence-corrected chi connectivity index (χ0v) is 14.4. The number of methoxy groups -OCH3 is 1. The molecule has 0 saturated carbocycles. The van der Waals surface area contributed by atoms with E-state index in [1.807, 2.05) is 49.4 Å². The summed E-state index contributed by atoms with van der Waals surface area (Å²) in [5, 5.41) is 16.2. The van der Waals surface area contributed by atoms with E-state index in [2.05, 4.69) is 5.32 Å². The number of fused-ring (bicyclic) bond motifs is 1. The van der Waals surface area contributed by atoms with Gasteiger partial charge >= 0.3 is 5.69 Å². The Kier molecular flexibility index (Phi) is 4.84. The molecule has 0 spiro atoms. The molecule has 0 aliphatic heterocycles. The fraction of sp³-hybridized carbons (Fsp3) is 0.150. The molecule has 0 aliphatic carbocycles. The van der Waals surface area contributed by atoms with E-state index in [9.17, 15) is 14.9 Å². The summed E-state index contributed by atoms with van der Waals surface area (Å²) in [6.07, 6.45) is 0. The van der Waals surface area contributed by atoms with Crippen LogP contribution in [0.3, 0.4) is 0 Å². The van der Waals surface area contributed by atoms with Crippen molar-refractivity contribution < 1.29 is 14.5 Å². The summed E-state index contributed by atoms with van der Waals surface area (Å²) in [7, 11) is 1.35. The van der Waals surface area contributed by atoms with E-state index < -0.39 is 4.92 Å². The van der Waals surface area contributed by atoms with E-state index in [1.54, 1.807) is 0 Å². The number of carbonyl (C=O) groups is 1. The van der Waals surface area contributed by atoms with Crippen molar-refractivity contribution in [3.05, 3.63) is 81.9 Å². The van der Waals surface area contributed by atoms with Crippen molar-refractivity contribution in [2.75, 3.05) is 7.11 Å². The average Bonchev–Trinajstić information content (AvgIpc) is 2.66. The number of rotatable bonds is 5. The van der Waals surface area contributed by atoms with E-state index in [-0.39, 0.29) is 28.9 Å². The standard InChI is InChI=1S/C20H18N2O4/c1-13(15-8-7-14-5-3-4-6-16(14)11-15)21-20(23)17-9-10-19(26-2)18(12-17)22(24)25/h3-13H,1-2H3,(H,21,23)/t13-/m1/s1. The molecular weight excluding hydrogens is 332 g/mol. The predicted octanol–water partition coefficient (Wildman–Crippen LogP) is 4.25. The number of hydrogen-bond acceptors (Lipinski definition) is 4. The zero-order valence-electron chi connectivity index (χ0n) is 14.4. The van der Waals surface area contributed by atoms with Crippen LogP contribution in [0.25, 0.3) is 10.8 Å². The van der Waals surface area contributed by atoms with Gasteiger partial charge in [0.2, 0.25) is 0 Å². The molecule has 6 nitrogen and oxygen atoms in total. The summed E-state index contributed by atoms with van der Waals surface area (Å²) in [4.78, 5) is 23.0. The van der Waals surface area contributed by atoms with Crippen LogP contribution in [0.2, 0.25) is 0 Å². The number of nitrogens with one attached hydrogen (secondary N) is 1. The number of nitro groups is 1. The Hall–Kier alpha value is -3.41. The third-order valence-electron chi connectivity index (χ3n) is 4.26. The molecule has 0 fully saturated rings. The second-order valence-electron chi connectivity index (χ2n) is 5.95. The van der Waals surface area contributed by atoms with Gasteiger partial charge in [-0.2, -0.15) is 0 Å². The van der Waals surface area contributed by atoms with Crippen LogP contribution in [0.15, 0.2) is 60.7 Å². The van der Waals surface area contributed by atoms with Crippen molar-refractivity contribution >= 4 is 22.4 Å². The van der Waals surface area contributed by atoms with Gasteiger partial charge in [-0.3, -0.25) is 14.9 Å². The first-order chi connectivity index (χ1) is 12.5. The lowest BCUT2D eigenvalue weighted by molar-refractivity contribution is -0.385. The van der Waals surface area contributed by atoms with Gasteiger partial charge in [0.1, 0.15) is 0 Å². The van der Waals surface area contributed by atoms with Crippen molar-refractivity contribution in [3.63, 3.8) is 0 Å². The topological polar surface area (TPSA) is 81.5 Å². The van der Waals surface area contributed by atoms with E-state index >= 15 is 0 Å². The van der Waals surface area contributed by atoms with Crippen LogP contribution in [-0.2, 0) is 0 Å². The lowest BCUT2D eigenvalue weighted by Gasteiger charge is -2.15. The summed E-state index contributed by atoms with van der Waals surface area (Å²) >= 11 is 0. The molecule has 0 radical (unpaired) electrons. The molecule has 3 aromatic carbocycles. The molecule has 3 aromatic rings. The second-order valence-corrected chi connectivity index (χ2v) is 5.95. The van der Waals surface area contributed by atoms with Crippen LogP contribution < -0.4 is 10.1 Å². The highest BCUT2D eigenvalue weighted by Crippen LogP contribution is 2.28. The zero-order chi connectivity index (χ0) is 18.7. The van der Waals surface area contributed by atoms with Crippen LogP contribution >= 0.6 is 0 Å². The SMILES string of the molecule is COc1ccc(C(=O)N[C@H](C)c2ccc3ccccc3c2)cc1[N+](=O)[O-]. The van der Waals surface area contributed by atoms with Crippen LogP contribution in [0.1, 0.15) is 28.9 Å². The molecular formula is C20H18N2O4. The Morgan fingerprint density at radius 2 is 1.81 bits per heavy atom. The summed E-state index contributed by atoms with van der Waals surface area (Å²) in [5.41, 5.74) is 0.934. The summed E-state index contributed by atoms with van der Waals surface area (Å²) in [5.74, 6) is -0.259. The third-order valence-corrected chi connectivity index (χ3v) is 4.26. The number of nitrogens with zero attached hydrogens (tertiary/aromatic N) is 1. The minimum Gasteiger partial charge on any atom is -0.490 e. The van der Waals surface area contributed by atoms with Gasteiger partial charge in [0.15, 0.2) is 5.75 Å². The van der Waals surface area contributed by atoms with Crippen LogP contribution in [0.4, 0.5) is 5.69 Å². The third kappa shape index (κ3) is 3.49. The average molecular weight is 350 g/mol. The first-order valence-electron chi connectivity index (χ1n) is 8.11. The maximum atomic E-state index is 12.5. The highest BCUT2D eigenvalue weighted by Gasteiger charge is 2.19. The maximum absolute atomic E-state index is 12.5. The molecule has 0 saturated heterocycles. The van der Waals surface area contributed by atoms with Gasteiger partial charge in [-0.15, -0.1) is 0 Å².